The molecule has 0 aliphatic carbocycles. The molecule has 2 aromatic carbocycles. The molecule has 0 saturated carbocycles. The number of amides is 2. The normalized spacial score (nSPS) is 20.6. The summed E-state index contributed by atoms with van der Waals surface area (Å²) in [5.41, 5.74) is 2.06. The van der Waals surface area contributed by atoms with Crippen LogP contribution in [-0.2, 0) is 6.54 Å². The number of hydrogen-bond acceptors (Lipinski definition) is 3. The van der Waals surface area contributed by atoms with Crippen LogP contribution in [0.25, 0.3) is 0 Å². The van der Waals surface area contributed by atoms with E-state index in [1.165, 1.54) is 24.9 Å². The number of nitrogens with one attached hydrogen (secondary N) is 1. The second-order valence-electron chi connectivity index (χ2n) is 8.58. The van der Waals surface area contributed by atoms with Gasteiger partial charge in [0.05, 0.1) is 10.0 Å². The molecule has 0 bridgehead atoms. The quantitative estimate of drug-likeness (QED) is 0.677. The standard InChI is InChI=1S/C24H30Cl2N4O/c25-22-9-8-21(15-23(22)26)27-24(31)30-13-11-28(12-14-30)17-20-7-4-10-29(18-20)16-19-5-2-1-3-6-19/h1-3,5-6,8-9,15,20H,4,7,10-14,16-18H2,(H,27,31)/t20-/m0/s1. The smallest absolute Gasteiger partial charge is 0.321 e. The van der Waals surface area contributed by atoms with E-state index in [-0.39, 0.29) is 6.03 Å². The Hall–Kier alpha value is -1.79. The number of carbonyl (C=O) groups excluding carboxylic acids is 1. The lowest BCUT2D eigenvalue weighted by Crippen LogP contribution is -2.52. The van der Waals surface area contributed by atoms with E-state index >= 15 is 0 Å². The first-order chi connectivity index (χ1) is 15.1. The molecule has 1 N–H and O–H groups in total. The molecule has 2 amide bonds. The van der Waals surface area contributed by atoms with Gasteiger partial charge in [0.1, 0.15) is 0 Å². The summed E-state index contributed by atoms with van der Waals surface area (Å²) in [6.45, 7) is 7.84. The van der Waals surface area contributed by atoms with Crippen molar-refractivity contribution in [2.45, 2.75) is 19.4 Å². The summed E-state index contributed by atoms with van der Waals surface area (Å²) in [7, 11) is 0. The molecule has 2 saturated heterocycles. The van der Waals surface area contributed by atoms with Crippen LogP contribution in [0.4, 0.5) is 10.5 Å². The second-order valence-corrected chi connectivity index (χ2v) is 9.39. The van der Waals surface area contributed by atoms with Crippen molar-refractivity contribution in [1.82, 2.24) is 14.7 Å². The Bertz CT molecular complexity index is 871. The van der Waals surface area contributed by atoms with Crippen molar-refractivity contribution in [3.05, 3.63) is 64.1 Å². The minimum absolute atomic E-state index is 0.0789. The molecule has 2 aliphatic rings. The van der Waals surface area contributed by atoms with Gasteiger partial charge in [-0.15, -0.1) is 0 Å². The summed E-state index contributed by atoms with van der Waals surface area (Å²) in [6.07, 6.45) is 2.56. The monoisotopic (exact) mass is 460 g/mol. The average Bonchev–Trinajstić information content (AvgIpc) is 2.78. The number of likely N-dealkylation sites (tertiary alicyclic amines) is 1. The van der Waals surface area contributed by atoms with Crippen LogP contribution in [0.5, 0.6) is 0 Å². The fourth-order valence-corrected chi connectivity index (χ4v) is 4.86. The van der Waals surface area contributed by atoms with Crippen LogP contribution in [0.2, 0.25) is 10.0 Å². The molecular weight excluding hydrogens is 431 g/mol. The molecule has 7 heteroatoms. The van der Waals surface area contributed by atoms with E-state index in [0.29, 0.717) is 21.7 Å². The fraction of sp³-hybridized carbons (Fsp3) is 0.458. The number of urea groups is 1. The number of nitrogens with zero attached hydrogens (tertiary/aromatic N) is 3. The third-order valence-electron chi connectivity index (χ3n) is 6.20. The average molecular weight is 461 g/mol. The highest BCUT2D eigenvalue weighted by Gasteiger charge is 2.26. The molecule has 0 radical (unpaired) electrons. The molecule has 4 rings (SSSR count). The van der Waals surface area contributed by atoms with Crippen LogP contribution >= 0.6 is 23.2 Å². The van der Waals surface area contributed by atoms with Gasteiger partial charge in [-0.3, -0.25) is 9.80 Å². The van der Waals surface area contributed by atoms with E-state index in [2.05, 4.69) is 45.4 Å². The lowest BCUT2D eigenvalue weighted by atomic mass is 9.96. The van der Waals surface area contributed by atoms with Gasteiger partial charge in [0, 0.05) is 51.5 Å². The van der Waals surface area contributed by atoms with Gasteiger partial charge in [-0.2, -0.15) is 0 Å². The Balaban J connectivity index is 1.21. The van der Waals surface area contributed by atoms with Crippen LogP contribution in [0, 0.1) is 5.92 Å². The Morgan fingerprint density at radius 3 is 2.45 bits per heavy atom. The molecule has 2 fully saturated rings. The molecule has 0 unspecified atom stereocenters. The lowest BCUT2D eigenvalue weighted by molar-refractivity contribution is 0.0984. The summed E-state index contributed by atoms with van der Waals surface area (Å²) >= 11 is 12.0. The number of piperidine rings is 1. The Labute approximate surface area is 194 Å². The molecule has 2 heterocycles. The number of hydrogen-bond donors (Lipinski definition) is 1. The zero-order valence-corrected chi connectivity index (χ0v) is 19.3. The van der Waals surface area contributed by atoms with Gasteiger partial charge in [-0.25, -0.2) is 4.79 Å². The van der Waals surface area contributed by atoms with E-state index in [9.17, 15) is 4.79 Å². The third-order valence-corrected chi connectivity index (χ3v) is 6.94. The van der Waals surface area contributed by atoms with Crippen molar-refractivity contribution >= 4 is 34.9 Å². The van der Waals surface area contributed by atoms with E-state index in [0.717, 1.165) is 45.8 Å². The van der Waals surface area contributed by atoms with E-state index in [4.69, 9.17) is 23.2 Å². The Morgan fingerprint density at radius 2 is 1.71 bits per heavy atom. The first-order valence-electron chi connectivity index (χ1n) is 11.1. The molecular formula is C24H30Cl2N4O. The maximum atomic E-state index is 12.6. The summed E-state index contributed by atoms with van der Waals surface area (Å²) in [5, 5.41) is 3.85. The number of anilines is 1. The van der Waals surface area contributed by atoms with E-state index in [1.54, 1.807) is 18.2 Å². The summed E-state index contributed by atoms with van der Waals surface area (Å²) < 4.78 is 0. The zero-order chi connectivity index (χ0) is 21.6. The number of carbonyl (C=O) groups is 1. The number of piperazine rings is 1. The highest BCUT2D eigenvalue weighted by molar-refractivity contribution is 6.42. The molecule has 5 nitrogen and oxygen atoms in total. The van der Waals surface area contributed by atoms with Crippen LogP contribution in [-0.4, -0.2) is 66.5 Å². The number of halogens is 2. The minimum atomic E-state index is -0.0789. The Kier molecular flexibility index (Phi) is 7.72. The maximum Gasteiger partial charge on any atom is 0.321 e. The van der Waals surface area contributed by atoms with Crippen molar-refractivity contribution in [2.75, 3.05) is 51.1 Å². The van der Waals surface area contributed by atoms with E-state index < -0.39 is 0 Å². The maximum absolute atomic E-state index is 12.6. The van der Waals surface area contributed by atoms with Gasteiger partial charge in [0.15, 0.2) is 0 Å². The van der Waals surface area contributed by atoms with Crippen molar-refractivity contribution in [3.63, 3.8) is 0 Å². The first-order valence-corrected chi connectivity index (χ1v) is 11.8. The van der Waals surface area contributed by atoms with Crippen LogP contribution in [0.15, 0.2) is 48.5 Å². The largest absolute Gasteiger partial charge is 0.322 e. The van der Waals surface area contributed by atoms with Crippen molar-refractivity contribution < 1.29 is 4.79 Å². The van der Waals surface area contributed by atoms with Gasteiger partial charge in [0.2, 0.25) is 0 Å². The molecule has 0 spiro atoms. The van der Waals surface area contributed by atoms with E-state index in [1.807, 2.05) is 4.90 Å². The van der Waals surface area contributed by atoms with Gasteiger partial charge in [0.25, 0.3) is 0 Å². The van der Waals surface area contributed by atoms with Crippen molar-refractivity contribution in [2.24, 2.45) is 5.92 Å². The van der Waals surface area contributed by atoms with Crippen LogP contribution in [0.1, 0.15) is 18.4 Å². The van der Waals surface area contributed by atoms with Gasteiger partial charge >= 0.3 is 6.03 Å². The lowest BCUT2D eigenvalue weighted by Gasteiger charge is -2.39. The minimum Gasteiger partial charge on any atom is -0.322 e. The van der Waals surface area contributed by atoms with Gasteiger partial charge in [-0.1, -0.05) is 53.5 Å². The molecule has 0 aromatic heterocycles. The third kappa shape index (κ3) is 6.36. The predicted octanol–water partition coefficient (Wildman–Crippen LogP) is 5.06. The predicted molar refractivity (Wildman–Crippen MR) is 128 cm³/mol. The number of benzene rings is 2. The van der Waals surface area contributed by atoms with Crippen molar-refractivity contribution in [3.8, 4) is 0 Å². The molecule has 2 aromatic rings. The molecule has 31 heavy (non-hydrogen) atoms. The fourth-order valence-electron chi connectivity index (χ4n) is 4.56. The molecule has 2 aliphatic heterocycles. The first kappa shape index (κ1) is 22.4. The van der Waals surface area contributed by atoms with Crippen LogP contribution < -0.4 is 5.32 Å². The molecule has 166 valence electrons. The zero-order valence-electron chi connectivity index (χ0n) is 17.8. The highest BCUT2D eigenvalue weighted by atomic mass is 35.5. The summed E-state index contributed by atoms with van der Waals surface area (Å²) in [4.78, 5) is 19.6. The summed E-state index contributed by atoms with van der Waals surface area (Å²) in [6, 6.07) is 15.8. The second kappa shape index (κ2) is 10.7. The van der Waals surface area contributed by atoms with Gasteiger partial charge in [-0.05, 0) is 49.1 Å². The van der Waals surface area contributed by atoms with Crippen LogP contribution in [0.3, 0.4) is 0 Å². The topological polar surface area (TPSA) is 38.8 Å². The highest BCUT2D eigenvalue weighted by Crippen LogP contribution is 2.25. The van der Waals surface area contributed by atoms with Gasteiger partial charge < -0.3 is 10.2 Å². The van der Waals surface area contributed by atoms with Crippen molar-refractivity contribution in [1.29, 1.82) is 0 Å². The SMILES string of the molecule is O=C(Nc1ccc(Cl)c(Cl)c1)N1CCN(C[C@@H]2CCCN(Cc3ccccc3)C2)CC1. The summed E-state index contributed by atoms with van der Waals surface area (Å²) in [5.74, 6) is 0.703. The molecule has 1 atom stereocenters. The Morgan fingerprint density at radius 1 is 0.935 bits per heavy atom. The number of rotatable bonds is 5.